The van der Waals surface area contributed by atoms with Gasteiger partial charge in [0, 0.05) is 19.0 Å². The summed E-state index contributed by atoms with van der Waals surface area (Å²) >= 11 is 5.82. The Kier molecular flexibility index (Phi) is 5.02. The van der Waals surface area contributed by atoms with Crippen LogP contribution in [0.4, 0.5) is 4.39 Å². The molecule has 3 heteroatoms. The summed E-state index contributed by atoms with van der Waals surface area (Å²) in [5, 5.41) is 0. The van der Waals surface area contributed by atoms with E-state index in [2.05, 4.69) is 11.8 Å². The zero-order chi connectivity index (χ0) is 13.0. The van der Waals surface area contributed by atoms with Gasteiger partial charge in [0.2, 0.25) is 0 Å². The van der Waals surface area contributed by atoms with Gasteiger partial charge in [0.25, 0.3) is 0 Å². The summed E-state index contributed by atoms with van der Waals surface area (Å²) in [6.07, 6.45) is 3.61. The summed E-state index contributed by atoms with van der Waals surface area (Å²) in [5.74, 6) is 1.33. The molecule has 1 atom stereocenters. The van der Waals surface area contributed by atoms with E-state index in [1.807, 2.05) is 6.07 Å². The predicted octanol–water partition coefficient (Wildman–Crippen LogP) is 3.98. The molecule has 0 radical (unpaired) electrons. The van der Waals surface area contributed by atoms with Crippen LogP contribution in [0.25, 0.3) is 0 Å². The molecule has 100 valence electrons. The van der Waals surface area contributed by atoms with Gasteiger partial charge in [-0.2, -0.15) is 0 Å². The minimum absolute atomic E-state index is 0.134. The van der Waals surface area contributed by atoms with E-state index in [0.29, 0.717) is 5.92 Å². The summed E-state index contributed by atoms with van der Waals surface area (Å²) in [6.45, 7) is 5.13. The molecule has 18 heavy (non-hydrogen) atoms. The number of hydrogen-bond donors (Lipinski definition) is 0. The SMILES string of the molecule is Cc1ccc(F)cc1CN1CCCC(CCCl)C1. The summed E-state index contributed by atoms with van der Waals surface area (Å²) in [4.78, 5) is 2.43. The number of rotatable bonds is 4. The molecule has 1 aromatic carbocycles. The molecule has 1 unspecified atom stereocenters. The van der Waals surface area contributed by atoms with Crippen LogP contribution in [-0.2, 0) is 6.54 Å². The van der Waals surface area contributed by atoms with Crippen molar-refractivity contribution in [3.63, 3.8) is 0 Å². The second-order valence-corrected chi connectivity index (χ2v) is 5.67. The standard InChI is InChI=1S/C15H21ClFN/c1-12-4-5-15(17)9-14(12)11-18-8-2-3-13(10-18)6-7-16/h4-5,9,13H,2-3,6-8,10-11H2,1H3. The fourth-order valence-electron chi connectivity index (χ4n) is 2.74. The van der Waals surface area contributed by atoms with Crippen LogP contribution in [0.3, 0.4) is 0 Å². The van der Waals surface area contributed by atoms with Crippen molar-refractivity contribution in [2.24, 2.45) is 5.92 Å². The van der Waals surface area contributed by atoms with E-state index < -0.39 is 0 Å². The molecule has 0 aromatic heterocycles. The average Bonchev–Trinajstić information content (AvgIpc) is 2.35. The summed E-state index contributed by atoms with van der Waals surface area (Å²) in [6, 6.07) is 5.07. The van der Waals surface area contributed by atoms with E-state index in [1.54, 1.807) is 6.07 Å². The first-order valence-corrected chi connectivity index (χ1v) is 7.26. The molecular formula is C15H21ClFN. The van der Waals surface area contributed by atoms with Crippen molar-refractivity contribution in [1.82, 2.24) is 4.90 Å². The summed E-state index contributed by atoms with van der Waals surface area (Å²) < 4.78 is 13.3. The first-order chi connectivity index (χ1) is 8.69. The Labute approximate surface area is 114 Å². The van der Waals surface area contributed by atoms with Gasteiger partial charge in [-0.15, -0.1) is 11.6 Å². The Bertz CT molecular complexity index is 392. The zero-order valence-electron chi connectivity index (χ0n) is 11.0. The number of hydrogen-bond acceptors (Lipinski definition) is 1. The highest BCUT2D eigenvalue weighted by atomic mass is 35.5. The van der Waals surface area contributed by atoms with Gasteiger partial charge in [0.05, 0.1) is 0 Å². The maximum atomic E-state index is 13.3. The normalized spacial score (nSPS) is 21.2. The molecule has 1 nitrogen and oxygen atoms in total. The first-order valence-electron chi connectivity index (χ1n) is 6.72. The third-order valence-corrected chi connectivity index (χ3v) is 4.04. The van der Waals surface area contributed by atoms with Gasteiger partial charge in [-0.25, -0.2) is 4.39 Å². The molecule has 0 N–H and O–H groups in total. The van der Waals surface area contributed by atoms with Crippen molar-refractivity contribution >= 4 is 11.6 Å². The van der Waals surface area contributed by atoms with Crippen LogP contribution in [0.1, 0.15) is 30.4 Å². The average molecular weight is 270 g/mol. The largest absolute Gasteiger partial charge is 0.299 e. The quantitative estimate of drug-likeness (QED) is 0.748. The number of likely N-dealkylation sites (tertiary alicyclic amines) is 1. The molecule has 1 aromatic rings. The minimum Gasteiger partial charge on any atom is -0.299 e. The van der Waals surface area contributed by atoms with E-state index in [4.69, 9.17) is 11.6 Å². The highest BCUT2D eigenvalue weighted by Crippen LogP contribution is 2.22. The van der Waals surface area contributed by atoms with Crippen molar-refractivity contribution in [2.75, 3.05) is 19.0 Å². The number of nitrogens with zero attached hydrogens (tertiary/aromatic N) is 1. The molecule has 1 saturated heterocycles. The molecule has 1 fully saturated rings. The van der Waals surface area contributed by atoms with E-state index in [9.17, 15) is 4.39 Å². The lowest BCUT2D eigenvalue weighted by molar-refractivity contribution is 0.165. The Morgan fingerprint density at radius 3 is 3.06 bits per heavy atom. The van der Waals surface area contributed by atoms with Crippen molar-refractivity contribution in [1.29, 1.82) is 0 Å². The molecule has 0 amide bonds. The van der Waals surface area contributed by atoms with Crippen LogP contribution in [0.5, 0.6) is 0 Å². The molecule has 0 bridgehead atoms. The van der Waals surface area contributed by atoms with Gasteiger partial charge in [-0.05, 0) is 61.9 Å². The van der Waals surface area contributed by atoms with Crippen LogP contribution < -0.4 is 0 Å². The lowest BCUT2D eigenvalue weighted by Gasteiger charge is -2.32. The fourth-order valence-corrected chi connectivity index (χ4v) is 3.04. The fraction of sp³-hybridized carbons (Fsp3) is 0.600. The Morgan fingerprint density at radius 2 is 2.28 bits per heavy atom. The lowest BCUT2D eigenvalue weighted by Crippen LogP contribution is -2.35. The van der Waals surface area contributed by atoms with E-state index in [-0.39, 0.29) is 5.82 Å². The Hall–Kier alpha value is -0.600. The minimum atomic E-state index is -0.134. The molecular weight excluding hydrogens is 249 g/mol. The van der Waals surface area contributed by atoms with E-state index in [0.717, 1.165) is 37.5 Å². The number of alkyl halides is 1. The van der Waals surface area contributed by atoms with Crippen molar-refractivity contribution in [3.8, 4) is 0 Å². The topological polar surface area (TPSA) is 3.24 Å². The third-order valence-electron chi connectivity index (χ3n) is 3.83. The Morgan fingerprint density at radius 1 is 1.44 bits per heavy atom. The smallest absolute Gasteiger partial charge is 0.123 e. The molecule has 0 aliphatic carbocycles. The van der Waals surface area contributed by atoms with Crippen molar-refractivity contribution in [2.45, 2.75) is 32.7 Å². The third kappa shape index (κ3) is 3.69. The molecule has 0 spiro atoms. The molecule has 2 rings (SSSR count). The van der Waals surface area contributed by atoms with Gasteiger partial charge in [-0.3, -0.25) is 4.90 Å². The van der Waals surface area contributed by atoms with Crippen molar-refractivity contribution in [3.05, 3.63) is 35.1 Å². The van der Waals surface area contributed by atoms with Gasteiger partial charge in [0.1, 0.15) is 5.82 Å². The van der Waals surface area contributed by atoms with Crippen LogP contribution in [0.2, 0.25) is 0 Å². The molecule has 1 heterocycles. The predicted molar refractivity (Wildman–Crippen MR) is 74.5 cm³/mol. The van der Waals surface area contributed by atoms with Crippen LogP contribution >= 0.6 is 11.6 Å². The van der Waals surface area contributed by atoms with Crippen LogP contribution in [-0.4, -0.2) is 23.9 Å². The zero-order valence-corrected chi connectivity index (χ0v) is 11.7. The van der Waals surface area contributed by atoms with E-state index >= 15 is 0 Å². The number of piperidine rings is 1. The number of aryl methyl sites for hydroxylation is 1. The van der Waals surface area contributed by atoms with Crippen LogP contribution in [0.15, 0.2) is 18.2 Å². The number of benzene rings is 1. The molecule has 1 aliphatic heterocycles. The molecule has 0 saturated carbocycles. The highest BCUT2D eigenvalue weighted by molar-refractivity contribution is 6.17. The summed E-state index contributed by atoms with van der Waals surface area (Å²) in [5.41, 5.74) is 2.29. The van der Waals surface area contributed by atoms with Gasteiger partial charge >= 0.3 is 0 Å². The second-order valence-electron chi connectivity index (χ2n) is 5.29. The molecule has 1 aliphatic rings. The first kappa shape index (κ1) is 13.8. The summed E-state index contributed by atoms with van der Waals surface area (Å²) in [7, 11) is 0. The number of halogens is 2. The maximum absolute atomic E-state index is 13.3. The highest BCUT2D eigenvalue weighted by Gasteiger charge is 2.19. The van der Waals surface area contributed by atoms with Gasteiger partial charge in [-0.1, -0.05) is 6.07 Å². The van der Waals surface area contributed by atoms with Crippen LogP contribution in [0, 0.1) is 18.7 Å². The van der Waals surface area contributed by atoms with Gasteiger partial charge < -0.3 is 0 Å². The Balaban J connectivity index is 1.98. The monoisotopic (exact) mass is 269 g/mol. The second kappa shape index (κ2) is 6.53. The van der Waals surface area contributed by atoms with E-state index in [1.165, 1.54) is 24.5 Å². The van der Waals surface area contributed by atoms with Crippen molar-refractivity contribution < 1.29 is 4.39 Å². The van der Waals surface area contributed by atoms with Gasteiger partial charge in [0.15, 0.2) is 0 Å². The lowest BCUT2D eigenvalue weighted by atomic mass is 9.95. The maximum Gasteiger partial charge on any atom is 0.123 e.